The van der Waals surface area contributed by atoms with Crippen molar-refractivity contribution in [2.45, 2.75) is 46.6 Å². The number of aliphatic hydroxyl groups is 1. The zero-order chi connectivity index (χ0) is 14.8. The molecule has 0 aromatic carbocycles. The van der Waals surface area contributed by atoms with Gasteiger partial charge < -0.3 is 10.4 Å². The molecule has 0 radical (unpaired) electrons. The van der Waals surface area contributed by atoms with Gasteiger partial charge in [0, 0.05) is 18.5 Å². The maximum Gasteiger partial charge on any atom is 0.254 e. The van der Waals surface area contributed by atoms with Gasteiger partial charge in [-0.05, 0) is 25.2 Å². The largest absolute Gasteiger partial charge is 0.396 e. The first-order valence-corrected chi connectivity index (χ1v) is 7.45. The van der Waals surface area contributed by atoms with Gasteiger partial charge in [0.25, 0.3) is 5.91 Å². The Morgan fingerprint density at radius 1 is 1.55 bits per heavy atom. The topological polar surface area (TPSA) is 67.2 Å². The summed E-state index contributed by atoms with van der Waals surface area (Å²) in [4.78, 5) is 12.3. The Bertz CT molecular complexity index is 475. The summed E-state index contributed by atoms with van der Waals surface area (Å²) in [5.41, 5.74) is 1.60. The normalized spacial score (nSPS) is 16.4. The fraction of sp³-hybridized carbons (Fsp3) is 0.733. The number of aromatic nitrogens is 2. The van der Waals surface area contributed by atoms with Crippen molar-refractivity contribution in [3.8, 4) is 0 Å². The predicted molar refractivity (Wildman–Crippen MR) is 77.5 cm³/mol. The van der Waals surface area contributed by atoms with Crippen LogP contribution in [-0.2, 0) is 13.0 Å². The second-order valence-electron chi connectivity index (χ2n) is 6.28. The third kappa shape index (κ3) is 3.20. The molecule has 0 spiro atoms. The van der Waals surface area contributed by atoms with E-state index in [9.17, 15) is 9.90 Å². The van der Waals surface area contributed by atoms with E-state index in [1.807, 2.05) is 11.6 Å². The highest BCUT2D eigenvalue weighted by atomic mass is 16.3. The molecule has 0 saturated heterocycles. The van der Waals surface area contributed by atoms with Crippen LogP contribution in [0.5, 0.6) is 0 Å². The first kappa shape index (κ1) is 15.0. The Balaban J connectivity index is 2.03. The van der Waals surface area contributed by atoms with Crippen LogP contribution >= 0.6 is 0 Å². The monoisotopic (exact) mass is 279 g/mol. The quantitative estimate of drug-likeness (QED) is 0.796. The van der Waals surface area contributed by atoms with Crippen molar-refractivity contribution in [3.05, 3.63) is 17.5 Å². The third-order valence-electron chi connectivity index (χ3n) is 3.98. The Kier molecular flexibility index (Phi) is 4.48. The van der Waals surface area contributed by atoms with Crippen LogP contribution in [0.2, 0.25) is 0 Å². The average molecular weight is 279 g/mol. The molecule has 1 aliphatic carbocycles. The number of nitrogens with zero attached hydrogens (tertiary/aromatic N) is 2. The van der Waals surface area contributed by atoms with E-state index in [1.165, 1.54) is 0 Å². The number of rotatable bonds is 7. The van der Waals surface area contributed by atoms with Gasteiger partial charge in [-0.3, -0.25) is 9.48 Å². The number of hydrogen-bond donors (Lipinski definition) is 2. The summed E-state index contributed by atoms with van der Waals surface area (Å²) in [5, 5.41) is 16.6. The van der Waals surface area contributed by atoms with E-state index in [-0.39, 0.29) is 17.9 Å². The molecule has 0 aliphatic heterocycles. The molecule has 2 rings (SSSR count). The van der Waals surface area contributed by atoms with Crippen LogP contribution in [0.25, 0.3) is 0 Å². The summed E-state index contributed by atoms with van der Waals surface area (Å²) in [6.07, 6.45) is 4.45. The van der Waals surface area contributed by atoms with Gasteiger partial charge in [0.2, 0.25) is 0 Å². The molecular weight excluding hydrogens is 254 g/mol. The molecule has 1 aromatic rings. The van der Waals surface area contributed by atoms with E-state index in [0.29, 0.717) is 18.0 Å². The van der Waals surface area contributed by atoms with Crippen LogP contribution in [-0.4, -0.2) is 33.9 Å². The molecule has 5 nitrogen and oxygen atoms in total. The highest BCUT2D eigenvalue weighted by Crippen LogP contribution is 2.44. The van der Waals surface area contributed by atoms with Gasteiger partial charge in [0.1, 0.15) is 0 Å². The molecule has 2 N–H and O–H groups in total. The predicted octanol–water partition coefficient (Wildman–Crippen LogP) is 1.60. The first-order valence-electron chi connectivity index (χ1n) is 7.45. The standard InChI is InChI=1S/C15H25N3O2/c1-4-13-12(7-17-18(13)8-11(2)3)14(20)16-9-15(10-19)5-6-15/h7,11,19H,4-6,8-10H2,1-3H3,(H,16,20). The lowest BCUT2D eigenvalue weighted by molar-refractivity contribution is 0.0934. The lowest BCUT2D eigenvalue weighted by atomic mass is 10.1. The highest BCUT2D eigenvalue weighted by Gasteiger charge is 2.42. The number of aliphatic hydroxyl groups excluding tert-OH is 1. The Labute approximate surface area is 120 Å². The van der Waals surface area contributed by atoms with E-state index in [0.717, 1.165) is 31.5 Å². The smallest absolute Gasteiger partial charge is 0.254 e. The lowest BCUT2D eigenvalue weighted by Gasteiger charge is -2.13. The maximum atomic E-state index is 12.3. The second kappa shape index (κ2) is 5.95. The molecule has 1 amide bonds. The fourth-order valence-electron chi connectivity index (χ4n) is 2.41. The van der Waals surface area contributed by atoms with E-state index >= 15 is 0 Å². The number of hydrogen-bond acceptors (Lipinski definition) is 3. The molecule has 112 valence electrons. The molecule has 0 atom stereocenters. The van der Waals surface area contributed by atoms with E-state index in [1.54, 1.807) is 6.20 Å². The molecule has 1 heterocycles. The van der Waals surface area contributed by atoms with Gasteiger partial charge in [-0.25, -0.2) is 0 Å². The van der Waals surface area contributed by atoms with Crippen LogP contribution in [0, 0.1) is 11.3 Å². The van der Waals surface area contributed by atoms with Crippen molar-refractivity contribution in [1.29, 1.82) is 0 Å². The SMILES string of the molecule is CCc1c(C(=O)NCC2(CO)CC2)cnn1CC(C)C. The summed E-state index contributed by atoms with van der Waals surface area (Å²) in [5.74, 6) is 0.428. The zero-order valence-electron chi connectivity index (χ0n) is 12.6. The molecule has 20 heavy (non-hydrogen) atoms. The van der Waals surface area contributed by atoms with Gasteiger partial charge >= 0.3 is 0 Å². The fourth-order valence-corrected chi connectivity index (χ4v) is 2.41. The van der Waals surface area contributed by atoms with Gasteiger partial charge in [0.05, 0.1) is 24.1 Å². The summed E-state index contributed by atoms with van der Waals surface area (Å²) >= 11 is 0. The van der Waals surface area contributed by atoms with Gasteiger partial charge in [-0.2, -0.15) is 5.10 Å². The van der Waals surface area contributed by atoms with Gasteiger partial charge in [0.15, 0.2) is 0 Å². The van der Waals surface area contributed by atoms with Crippen molar-refractivity contribution in [2.75, 3.05) is 13.2 Å². The highest BCUT2D eigenvalue weighted by molar-refractivity contribution is 5.95. The van der Waals surface area contributed by atoms with Crippen LogP contribution in [0.15, 0.2) is 6.20 Å². The van der Waals surface area contributed by atoms with E-state index in [4.69, 9.17) is 0 Å². The van der Waals surface area contributed by atoms with E-state index in [2.05, 4.69) is 24.3 Å². The lowest BCUT2D eigenvalue weighted by Crippen LogP contribution is -2.32. The van der Waals surface area contributed by atoms with E-state index < -0.39 is 0 Å². The van der Waals surface area contributed by atoms with Crippen molar-refractivity contribution < 1.29 is 9.90 Å². The van der Waals surface area contributed by atoms with Crippen molar-refractivity contribution >= 4 is 5.91 Å². The van der Waals surface area contributed by atoms with Gasteiger partial charge in [-0.1, -0.05) is 20.8 Å². The second-order valence-corrected chi connectivity index (χ2v) is 6.28. The van der Waals surface area contributed by atoms with Crippen molar-refractivity contribution in [2.24, 2.45) is 11.3 Å². The average Bonchev–Trinajstić information content (AvgIpc) is 3.10. The minimum atomic E-state index is -0.0726. The molecule has 5 heteroatoms. The Hall–Kier alpha value is -1.36. The minimum absolute atomic E-state index is 0.0596. The van der Waals surface area contributed by atoms with Crippen LogP contribution in [0.4, 0.5) is 0 Å². The number of nitrogens with one attached hydrogen (secondary N) is 1. The molecule has 1 aliphatic rings. The summed E-state index contributed by atoms with van der Waals surface area (Å²) < 4.78 is 1.93. The van der Waals surface area contributed by atoms with Crippen LogP contribution < -0.4 is 5.32 Å². The zero-order valence-corrected chi connectivity index (χ0v) is 12.6. The number of amides is 1. The summed E-state index contributed by atoms with van der Waals surface area (Å²) in [7, 11) is 0. The Morgan fingerprint density at radius 3 is 2.75 bits per heavy atom. The van der Waals surface area contributed by atoms with Crippen molar-refractivity contribution in [1.82, 2.24) is 15.1 Å². The molecule has 1 saturated carbocycles. The first-order chi connectivity index (χ1) is 9.51. The molecule has 0 bridgehead atoms. The summed E-state index contributed by atoms with van der Waals surface area (Å²) in [6, 6.07) is 0. The third-order valence-corrected chi connectivity index (χ3v) is 3.98. The molecule has 1 aromatic heterocycles. The van der Waals surface area contributed by atoms with Crippen molar-refractivity contribution in [3.63, 3.8) is 0 Å². The number of carbonyl (C=O) groups is 1. The van der Waals surface area contributed by atoms with Crippen LogP contribution in [0.1, 0.15) is 49.7 Å². The van der Waals surface area contributed by atoms with Crippen LogP contribution in [0.3, 0.4) is 0 Å². The number of carbonyl (C=O) groups excluding carboxylic acids is 1. The Morgan fingerprint density at radius 2 is 2.25 bits per heavy atom. The maximum absolute atomic E-state index is 12.3. The molecular formula is C15H25N3O2. The summed E-state index contributed by atoms with van der Waals surface area (Å²) in [6.45, 7) is 7.86. The minimum Gasteiger partial charge on any atom is -0.396 e. The molecule has 1 fully saturated rings. The molecule has 0 unspecified atom stereocenters. The van der Waals surface area contributed by atoms with Gasteiger partial charge in [-0.15, -0.1) is 0 Å².